The Kier molecular flexibility index (Phi) is 3.43. The second-order valence-corrected chi connectivity index (χ2v) is 6.17. The predicted octanol–water partition coefficient (Wildman–Crippen LogP) is 2.32. The molecule has 1 amide bonds. The number of carboxylic acid groups (broad SMARTS) is 1. The molecule has 2 atom stereocenters. The maximum atomic E-state index is 13.4. The summed E-state index contributed by atoms with van der Waals surface area (Å²) >= 11 is 0. The summed E-state index contributed by atoms with van der Waals surface area (Å²) in [5.41, 5.74) is 0.985. The van der Waals surface area contributed by atoms with Crippen molar-refractivity contribution in [1.82, 2.24) is 4.90 Å². The van der Waals surface area contributed by atoms with E-state index in [2.05, 4.69) is 0 Å². The van der Waals surface area contributed by atoms with Gasteiger partial charge in [0.15, 0.2) is 0 Å². The molecule has 0 bridgehead atoms. The van der Waals surface area contributed by atoms with E-state index < -0.39 is 17.7 Å². The standard InChI is InChI=1S/C16H18FNO3/c1-9-4-11(6-12(17)5-9)15(19)18-7-13(10-2-3-10)14(8-18)16(20)21/h4-6,10,13-14H,2-3,7-8H2,1H3,(H,20,21)/t13-,14+/m1/s1. The predicted molar refractivity (Wildman–Crippen MR) is 74.4 cm³/mol. The van der Waals surface area contributed by atoms with Crippen molar-refractivity contribution in [2.45, 2.75) is 19.8 Å². The van der Waals surface area contributed by atoms with Gasteiger partial charge < -0.3 is 10.0 Å². The normalized spacial score (nSPS) is 25.1. The number of nitrogens with zero attached hydrogens (tertiary/aromatic N) is 1. The summed E-state index contributed by atoms with van der Waals surface area (Å²) in [5, 5.41) is 9.32. The van der Waals surface area contributed by atoms with Gasteiger partial charge in [0.1, 0.15) is 5.82 Å². The van der Waals surface area contributed by atoms with Crippen LogP contribution < -0.4 is 0 Å². The van der Waals surface area contributed by atoms with E-state index >= 15 is 0 Å². The van der Waals surface area contributed by atoms with E-state index in [0.29, 0.717) is 23.6 Å². The second kappa shape index (κ2) is 5.13. The van der Waals surface area contributed by atoms with E-state index in [1.807, 2.05) is 0 Å². The highest BCUT2D eigenvalue weighted by Gasteiger charge is 2.46. The van der Waals surface area contributed by atoms with Crippen LogP contribution in [0.3, 0.4) is 0 Å². The Bertz CT molecular complexity index is 577. The van der Waals surface area contributed by atoms with E-state index in [-0.39, 0.29) is 18.4 Å². The zero-order valence-corrected chi connectivity index (χ0v) is 11.9. The molecule has 1 saturated heterocycles. The topological polar surface area (TPSA) is 57.6 Å². The fourth-order valence-electron chi connectivity index (χ4n) is 3.30. The number of benzene rings is 1. The minimum atomic E-state index is -0.836. The Balaban J connectivity index is 1.80. The molecule has 0 aromatic heterocycles. The van der Waals surface area contributed by atoms with Crippen LogP contribution in [0.2, 0.25) is 0 Å². The highest BCUT2D eigenvalue weighted by atomic mass is 19.1. The molecule has 0 unspecified atom stereocenters. The molecule has 2 fully saturated rings. The molecule has 5 heteroatoms. The van der Waals surface area contributed by atoms with Crippen molar-refractivity contribution < 1.29 is 19.1 Å². The molecule has 21 heavy (non-hydrogen) atoms. The fourth-order valence-corrected chi connectivity index (χ4v) is 3.30. The smallest absolute Gasteiger partial charge is 0.308 e. The molecule has 2 aliphatic rings. The van der Waals surface area contributed by atoms with Crippen LogP contribution in [0, 0.1) is 30.5 Å². The van der Waals surface area contributed by atoms with Crippen molar-refractivity contribution in [2.24, 2.45) is 17.8 Å². The summed E-state index contributed by atoms with van der Waals surface area (Å²) < 4.78 is 13.4. The summed E-state index contributed by atoms with van der Waals surface area (Å²) in [6, 6.07) is 4.23. The molecular weight excluding hydrogens is 273 g/mol. The van der Waals surface area contributed by atoms with E-state index in [0.717, 1.165) is 12.8 Å². The van der Waals surface area contributed by atoms with Crippen LogP contribution in [0.25, 0.3) is 0 Å². The molecule has 0 radical (unpaired) electrons. The monoisotopic (exact) mass is 291 g/mol. The van der Waals surface area contributed by atoms with Crippen molar-refractivity contribution in [2.75, 3.05) is 13.1 Å². The van der Waals surface area contributed by atoms with E-state index in [1.165, 1.54) is 12.1 Å². The lowest BCUT2D eigenvalue weighted by Gasteiger charge is -2.16. The summed E-state index contributed by atoms with van der Waals surface area (Å²) in [5.74, 6) is -1.56. The number of hydrogen-bond donors (Lipinski definition) is 1. The fraction of sp³-hybridized carbons (Fsp3) is 0.500. The van der Waals surface area contributed by atoms with Crippen molar-refractivity contribution in [3.63, 3.8) is 0 Å². The zero-order chi connectivity index (χ0) is 15.1. The van der Waals surface area contributed by atoms with Crippen LogP contribution in [-0.2, 0) is 4.79 Å². The van der Waals surface area contributed by atoms with Gasteiger partial charge in [-0.1, -0.05) is 0 Å². The number of likely N-dealkylation sites (tertiary alicyclic amines) is 1. The molecule has 1 aromatic rings. The van der Waals surface area contributed by atoms with Gasteiger partial charge in [-0.05, 0) is 55.4 Å². The molecule has 1 aliphatic heterocycles. The lowest BCUT2D eigenvalue weighted by Crippen LogP contribution is -2.30. The van der Waals surface area contributed by atoms with Gasteiger partial charge in [0.05, 0.1) is 5.92 Å². The number of rotatable bonds is 3. The Hall–Kier alpha value is -1.91. The van der Waals surface area contributed by atoms with Gasteiger partial charge in [0, 0.05) is 18.7 Å². The Labute approximate surface area is 122 Å². The van der Waals surface area contributed by atoms with Crippen LogP contribution in [0.4, 0.5) is 4.39 Å². The van der Waals surface area contributed by atoms with E-state index in [4.69, 9.17) is 0 Å². The third-order valence-corrected chi connectivity index (χ3v) is 4.49. The lowest BCUT2D eigenvalue weighted by atomic mass is 9.92. The van der Waals surface area contributed by atoms with Gasteiger partial charge in [-0.2, -0.15) is 0 Å². The minimum absolute atomic E-state index is 0.0427. The van der Waals surface area contributed by atoms with Gasteiger partial charge in [0.2, 0.25) is 0 Å². The van der Waals surface area contributed by atoms with Crippen LogP contribution in [0.1, 0.15) is 28.8 Å². The van der Waals surface area contributed by atoms with Gasteiger partial charge in [0.25, 0.3) is 5.91 Å². The molecule has 1 saturated carbocycles. The number of hydrogen-bond acceptors (Lipinski definition) is 2. The Morgan fingerprint density at radius 1 is 1.24 bits per heavy atom. The van der Waals surface area contributed by atoms with Crippen molar-refractivity contribution in [3.05, 3.63) is 35.1 Å². The first-order valence-corrected chi connectivity index (χ1v) is 7.25. The molecular formula is C16H18FNO3. The maximum Gasteiger partial charge on any atom is 0.308 e. The molecule has 1 aliphatic carbocycles. The summed E-state index contributed by atoms with van der Waals surface area (Å²) in [4.78, 5) is 25.4. The SMILES string of the molecule is Cc1cc(F)cc(C(=O)N2C[C@H](C(=O)O)[C@@H](C3CC3)C2)c1. The Morgan fingerprint density at radius 2 is 1.95 bits per heavy atom. The summed E-state index contributed by atoms with van der Waals surface area (Å²) in [6.07, 6.45) is 2.10. The highest BCUT2D eigenvalue weighted by molar-refractivity contribution is 5.95. The molecule has 112 valence electrons. The van der Waals surface area contributed by atoms with Crippen LogP contribution in [0.15, 0.2) is 18.2 Å². The molecule has 1 heterocycles. The van der Waals surface area contributed by atoms with Gasteiger partial charge in [-0.25, -0.2) is 4.39 Å². The van der Waals surface area contributed by atoms with Gasteiger partial charge in [-0.15, -0.1) is 0 Å². The number of halogens is 1. The number of amides is 1. The van der Waals surface area contributed by atoms with Gasteiger partial charge >= 0.3 is 5.97 Å². The quantitative estimate of drug-likeness (QED) is 0.929. The first-order chi connectivity index (χ1) is 9.95. The summed E-state index contributed by atoms with van der Waals surface area (Å²) in [7, 11) is 0. The number of aryl methyl sites for hydroxylation is 1. The molecule has 0 spiro atoms. The number of carboxylic acids is 1. The first-order valence-electron chi connectivity index (χ1n) is 7.25. The van der Waals surface area contributed by atoms with Crippen molar-refractivity contribution >= 4 is 11.9 Å². The van der Waals surface area contributed by atoms with E-state index in [1.54, 1.807) is 17.9 Å². The third kappa shape index (κ3) is 2.77. The maximum absolute atomic E-state index is 13.4. The molecule has 1 N–H and O–H groups in total. The van der Waals surface area contributed by atoms with Crippen molar-refractivity contribution in [1.29, 1.82) is 0 Å². The second-order valence-electron chi connectivity index (χ2n) is 6.17. The average molecular weight is 291 g/mol. The molecule has 3 rings (SSSR count). The van der Waals surface area contributed by atoms with Crippen molar-refractivity contribution in [3.8, 4) is 0 Å². The van der Waals surface area contributed by atoms with Crippen LogP contribution in [0.5, 0.6) is 0 Å². The number of carbonyl (C=O) groups is 2. The molecule has 4 nitrogen and oxygen atoms in total. The lowest BCUT2D eigenvalue weighted by molar-refractivity contribution is -0.142. The van der Waals surface area contributed by atoms with Crippen LogP contribution in [-0.4, -0.2) is 35.0 Å². The zero-order valence-electron chi connectivity index (χ0n) is 11.9. The number of aliphatic carboxylic acids is 1. The summed E-state index contributed by atoms with van der Waals surface area (Å²) in [6.45, 7) is 2.43. The van der Waals surface area contributed by atoms with Crippen LogP contribution >= 0.6 is 0 Å². The molecule has 1 aromatic carbocycles. The first kappa shape index (κ1) is 14.0. The van der Waals surface area contributed by atoms with Gasteiger partial charge in [-0.3, -0.25) is 9.59 Å². The average Bonchev–Trinajstić information content (AvgIpc) is 3.15. The number of carbonyl (C=O) groups excluding carboxylic acids is 1. The largest absolute Gasteiger partial charge is 0.481 e. The third-order valence-electron chi connectivity index (χ3n) is 4.49. The highest BCUT2D eigenvalue weighted by Crippen LogP contribution is 2.44. The minimum Gasteiger partial charge on any atom is -0.481 e. The van der Waals surface area contributed by atoms with E-state index in [9.17, 15) is 19.1 Å². The Morgan fingerprint density at radius 3 is 2.52 bits per heavy atom.